The number of benzene rings is 2. The number of rotatable bonds is 5. The van der Waals surface area contributed by atoms with Crippen molar-refractivity contribution in [3.63, 3.8) is 0 Å². The zero-order valence-electron chi connectivity index (χ0n) is 14.9. The van der Waals surface area contributed by atoms with Gasteiger partial charge >= 0.3 is 5.97 Å². The Labute approximate surface area is 168 Å². The number of hydrogen-bond acceptors (Lipinski definition) is 3. The van der Waals surface area contributed by atoms with Crippen LogP contribution in [0.2, 0.25) is 0 Å². The Hall–Kier alpha value is -2.23. The van der Waals surface area contributed by atoms with E-state index < -0.39 is 35.5 Å². The Bertz CT molecular complexity index is 923. The molecule has 2 aromatic carbocycles. The van der Waals surface area contributed by atoms with Crippen LogP contribution in [0.1, 0.15) is 36.7 Å². The van der Waals surface area contributed by atoms with Crippen LogP contribution in [0.15, 0.2) is 24.3 Å². The first kappa shape index (κ1) is 21.1. The highest BCUT2D eigenvalue weighted by atomic mass is 127. The summed E-state index contributed by atoms with van der Waals surface area (Å²) in [4.78, 5) is 22.8. The fraction of sp³-hybridized carbons (Fsp3) is 0.263. The normalized spacial score (nSPS) is 11.3. The second kappa shape index (κ2) is 7.79. The molecule has 0 bridgehead atoms. The first-order valence-corrected chi connectivity index (χ1v) is 8.98. The van der Waals surface area contributed by atoms with Gasteiger partial charge in [0.2, 0.25) is 0 Å². The van der Waals surface area contributed by atoms with Gasteiger partial charge in [0.05, 0.1) is 9.13 Å². The molecule has 3 N–H and O–H groups in total. The molecule has 0 radical (unpaired) electrons. The van der Waals surface area contributed by atoms with Crippen molar-refractivity contribution in [2.45, 2.75) is 26.2 Å². The van der Waals surface area contributed by atoms with Crippen molar-refractivity contribution in [2.75, 3.05) is 6.61 Å². The molecular weight excluding hydrogens is 471 g/mol. The Morgan fingerprint density at radius 3 is 2.30 bits per heavy atom. The molecule has 0 spiro atoms. The lowest BCUT2D eigenvalue weighted by atomic mass is 9.80. The fourth-order valence-corrected chi connectivity index (χ4v) is 4.29. The molecule has 0 saturated heterocycles. The number of nitrogens with two attached hydrogens (primary N) is 1. The minimum absolute atomic E-state index is 0.0293. The lowest BCUT2D eigenvalue weighted by Gasteiger charge is -2.27. The van der Waals surface area contributed by atoms with Gasteiger partial charge in [-0.05, 0) is 57.3 Å². The Morgan fingerprint density at radius 1 is 1.19 bits per heavy atom. The number of primary amides is 1. The molecule has 1 amide bonds. The van der Waals surface area contributed by atoms with Crippen molar-refractivity contribution < 1.29 is 28.2 Å². The van der Waals surface area contributed by atoms with E-state index in [4.69, 9.17) is 15.6 Å². The second-order valence-electron chi connectivity index (χ2n) is 6.91. The largest absolute Gasteiger partial charge is 0.480 e. The predicted molar refractivity (Wildman–Crippen MR) is 105 cm³/mol. The summed E-state index contributed by atoms with van der Waals surface area (Å²) in [6.07, 6.45) is 0. The van der Waals surface area contributed by atoms with Gasteiger partial charge in [0.25, 0.3) is 5.91 Å². The summed E-state index contributed by atoms with van der Waals surface area (Å²) in [6, 6.07) is 4.52. The first-order chi connectivity index (χ1) is 12.4. The molecule has 0 aliphatic rings. The number of amides is 1. The minimum Gasteiger partial charge on any atom is -0.480 e. The molecular formula is C19H18F2INO4. The zero-order valence-corrected chi connectivity index (χ0v) is 17.1. The van der Waals surface area contributed by atoms with Crippen molar-refractivity contribution in [2.24, 2.45) is 5.73 Å². The highest BCUT2D eigenvalue weighted by Crippen LogP contribution is 2.43. The lowest BCUT2D eigenvalue weighted by Crippen LogP contribution is -2.22. The number of carboxylic acids is 1. The van der Waals surface area contributed by atoms with E-state index >= 15 is 0 Å². The van der Waals surface area contributed by atoms with Crippen LogP contribution in [0.5, 0.6) is 5.75 Å². The van der Waals surface area contributed by atoms with Crippen LogP contribution in [0.3, 0.4) is 0 Å². The number of ether oxygens (including phenoxy) is 1. The number of hydrogen-bond donors (Lipinski definition) is 2. The molecule has 0 aromatic heterocycles. The minimum atomic E-state index is -1.22. The highest BCUT2D eigenvalue weighted by Gasteiger charge is 2.29. The van der Waals surface area contributed by atoms with Crippen LogP contribution in [-0.4, -0.2) is 23.6 Å². The number of carbonyl (C=O) groups is 2. The van der Waals surface area contributed by atoms with Gasteiger partial charge in [-0.3, -0.25) is 4.79 Å². The number of carbonyl (C=O) groups excluding carboxylic acids is 1. The van der Waals surface area contributed by atoms with E-state index in [0.29, 0.717) is 14.7 Å². The smallest absolute Gasteiger partial charge is 0.341 e. The van der Waals surface area contributed by atoms with Gasteiger partial charge in [-0.1, -0.05) is 20.8 Å². The maximum absolute atomic E-state index is 14.5. The van der Waals surface area contributed by atoms with Crippen molar-refractivity contribution in [3.8, 4) is 16.9 Å². The second-order valence-corrected chi connectivity index (χ2v) is 7.99. The molecule has 0 aliphatic carbocycles. The molecule has 5 nitrogen and oxygen atoms in total. The van der Waals surface area contributed by atoms with Crippen molar-refractivity contribution in [1.29, 1.82) is 0 Å². The maximum Gasteiger partial charge on any atom is 0.341 e. The average molecular weight is 489 g/mol. The summed E-state index contributed by atoms with van der Waals surface area (Å²) in [5.74, 6) is -3.54. The summed E-state index contributed by atoms with van der Waals surface area (Å²) in [7, 11) is 0. The van der Waals surface area contributed by atoms with E-state index in [2.05, 4.69) is 0 Å². The first-order valence-electron chi connectivity index (χ1n) is 7.90. The van der Waals surface area contributed by atoms with Gasteiger partial charge in [-0.15, -0.1) is 0 Å². The Kier molecular flexibility index (Phi) is 6.08. The molecule has 0 heterocycles. The van der Waals surface area contributed by atoms with E-state index in [0.717, 1.165) is 12.1 Å². The predicted octanol–water partition coefficient (Wildman–Crippen LogP) is 4.10. The summed E-state index contributed by atoms with van der Waals surface area (Å²) < 4.78 is 33.5. The molecule has 0 atom stereocenters. The third kappa shape index (κ3) is 4.55. The van der Waals surface area contributed by atoms with E-state index in [1.54, 1.807) is 0 Å². The average Bonchev–Trinajstić information content (AvgIpc) is 2.51. The summed E-state index contributed by atoms with van der Waals surface area (Å²) in [5.41, 5.74) is 5.92. The lowest BCUT2D eigenvalue weighted by molar-refractivity contribution is -0.139. The van der Waals surface area contributed by atoms with Gasteiger partial charge in [0.1, 0.15) is 17.4 Å². The van der Waals surface area contributed by atoms with Crippen LogP contribution in [0.25, 0.3) is 11.1 Å². The maximum atomic E-state index is 14.5. The molecule has 0 saturated carbocycles. The molecule has 0 unspecified atom stereocenters. The topological polar surface area (TPSA) is 89.6 Å². The molecule has 144 valence electrons. The van der Waals surface area contributed by atoms with Crippen molar-refractivity contribution >= 4 is 34.5 Å². The third-order valence-electron chi connectivity index (χ3n) is 3.80. The number of aliphatic carboxylic acids is 1. The summed E-state index contributed by atoms with van der Waals surface area (Å²) >= 11 is 1.92. The van der Waals surface area contributed by atoms with Gasteiger partial charge in [0.15, 0.2) is 6.61 Å². The molecule has 2 aromatic rings. The Morgan fingerprint density at radius 2 is 1.81 bits per heavy atom. The summed E-state index contributed by atoms with van der Waals surface area (Å²) in [5, 5.41) is 8.89. The van der Waals surface area contributed by atoms with Gasteiger partial charge in [-0.2, -0.15) is 0 Å². The van der Waals surface area contributed by atoms with E-state index in [-0.39, 0.29) is 16.9 Å². The molecule has 2 rings (SSSR count). The fourth-order valence-electron chi connectivity index (χ4n) is 2.74. The van der Waals surface area contributed by atoms with Gasteiger partial charge < -0.3 is 15.6 Å². The standard InChI is InChI=1S/C19H18F2INO4/c1-19(2,3)15-11(10-5-4-9(20)6-13(10)21)7-12(18(23)26)17(16(15)22)27-8-14(24)25/h4-7H,8H2,1-3H3,(H2,23,26)(H,24,25). The van der Waals surface area contributed by atoms with Crippen LogP contribution in [-0.2, 0) is 10.2 Å². The SMILES string of the molecule is CC(C)(C)c1c(-c2ccc(F)cc2F)cc(C(N)=O)c(OCC(=O)O)c1I. The van der Waals surface area contributed by atoms with E-state index in [9.17, 15) is 18.4 Å². The number of halogens is 3. The van der Waals surface area contributed by atoms with Gasteiger partial charge in [-0.25, -0.2) is 13.6 Å². The van der Waals surface area contributed by atoms with Crippen molar-refractivity contribution in [3.05, 3.63) is 50.6 Å². The van der Waals surface area contributed by atoms with E-state index in [1.807, 2.05) is 43.4 Å². The monoisotopic (exact) mass is 489 g/mol. The Balaban J connectivity index is 2.87. The van der Waals surface area contributed by atoms with Crippen LogP contribution >= 0.6 is 22.6 Å². The third-order valence-corrected chi connectivity index (χ3v) is 4.83. The molecule has 0 fully saturated rings. The number of carboxylic acid groups (broad SMARTS) is 1. The highest BCUT2D eigenvalue weighted by molar-refractivity contribution is 14.1. The van der Waals surface area contributed by atoms with Crippen molar-refractivity contribution in [1.82, 2.24) is 0 Å². The van der Waals surface area contributed by atoms with Gasteiger partial charge in [0, 0.05) is 11.6 Å². The van der Waals surface area contributed by atoms with E-state index in [1.165, 1.54) is 12.1 Å². The summed E-state index contributed by atoms with van der Waals surface area (Å²) in [6.45, 7) is 4.96. The van der Waals surface area contributed by atoms with Crippen LogP contribution in [0.4, 0.5) is 8.78 Å². The van der Waals surface area contributed by atoms with Crippen LogP contribution in [0, 0.1) is 15.2 Å². The molecule has 0 aliphatic heterocycles. The molecule has 8 heteroatoms. The quantitative estimate of drug-likeness (QED) is 0.620. The molecule has 27 heavy (non-hydrogen) atoms. The zero-order chi connectivity index (χ0) is 20.5. The van der Waals surface area contributed by atoms with Crippen LogP contribution < -0.4 is 10.5 Å².